The van der Waals surface area contributed by atoms with Crippen LogP contribution in [0.15, 0.2) is 55.6 Å². The number of carbonyl (C=O) groups excluding carboxylic acids is 3. The number of unbranched alkanes of at least 4 members (excludes halogenated alkanes) is 1. The zero-order chi connectivity index (χ0) is 26.7. The predicted octanol–water partition coefficient (Wildman–Crippen LogP) is 2.96. The number of benzene rings is 1. The Morgan fingerprint density at radius 1 is 1.16 bits per heavy atom. The fourth-order valence-electron chi connectivity index (χ4n) is 6.62. The van der Waals surface area contributed by atoms with E-state index >= 15 is 0 Å². The largest absolute Gasteiger partial charge is 0.396 e. The molecule has 0 saturated carbocycles. The van der Waals surface area contributed by atoms with Gasteiger partial charge in [-0.2, -0.15) is 0 Å². The van der Waals surface area contributed by atoms with Crippen molar-refractivity contribution in [2.75, 3.05) is 33.3 Å². The first-order valence-corrected chi connectivity index (χ1v) is 14.1. The Hall–Kier alpha value is -2.58. The van der Waals surface area contributed by atoms with Crippen molar-refractivity contribution >= 4 is 29.5 Å². The van der Waals surface area contributed by atoms with E-state index in [0.29, 0.717) is 39.0 Å². The number of hydrogen-bond donors (Lipinski definition) is 1. The number of amides is 3. The van der Waals surface area contributed by atoms with Gasteiger partial charge < -0.3 is 19.8 Å². The molecule has 8 heteroatoms. The lowest BCUT2D eigenvalue weighted by molar-refractivity contribution is -0.144. The summed E-state index contributed by atoms with van der Waals surface area (Å²) in [5.41, 5.74) is 1.01. The number of aliphatic hydroxyl groups excluding tert-OH is 1. The van der Waals surface area contributed by atoms with Gasteiger partial charge in [-0.1, -0.05) is 49.4 Å². The number of rotatable bonds is 12. The first-order chi connectivity index (χ1) is 17.8. The number of likely N-dealkylation sites (N-methyl/N-ethyl adjacent to an activating group) is 1. The third-order valence-electron chi connectivity index (χ3n) is 8.23. The molecule has 3 aliphatic rings. The fourth-order valence-corrected chi connectivity index (χ4v) is 9.03. The van der Waals surface area contributed by atoms with E-state index in [9.17, 15) is 19.5 Å². The lowest BCUT2D eigenvalue weighted by atomic mass is 9.65. The molecule has 6 atom stereocenters. The van der Waals surface area contributed by atoms with E-state index in [-0.39, 0.29) is 35.5 Å². The van der Waals surface area contributed by atoms with E-state index in [4.69, 9.17) is 0 Å². The van der Waals surface area contributed by atoms with Crippen LogP contribution in [0.1, 0.15) is 31.7 Å². The highest BCUT2D eigenvalue weighted by molar-refractivity contribution is 8.02. The van der Waals surface area contributed by atoms with Crippen molar-refractivity contribution in [1.29, 1.82) is 0 Å². The molecule has 0 radical (unpaired) electrons. The first kappa shape index (κ1) is 27.5. The number of aliphatic hydroxyl groups is 1. The molecule has 7 nitrogen and oxygen atoms in total. The second kappa shape index (κ2) is 11.4. The second-order valence-electron chi connectivity index (χ2n) is 10.5. The topological polar surface area (TPSA) is 81.2 Å². The van der Waals surface area contributed by atoms with Gasteiger partial charge in [0.25, 0.3) is 0 Å². The molecule has 3 amide bonds. The van der Waals surface area contributed by atoms with Gasteiger partial charge in [-0.25, -0.2) is 0 Å². The fraction of sp³-hybridized carbons (Fsp3) is 0.552. The van der Waals surface area contributed by atoms with Crippen molar-refractivity contribution in [2.24, 2.45) is 17.8 Å². The van der Waals surface area contributed by atoms with Gasteiger partial charge in [0.1, 0.15) is 6.04 Å². The normalized spacial score (nSPS) is 29.8. The molecule has 200 valence electrons. The van der Waals surface area contributed by atoms with Crippen molar-refractivity contribution in [3.8, 4) is 0 Å². The van der Waals surface area contributed by atoms with Crippen molar-refractivity contribution in [3.05, 3.63) is 61.2 Å². The van der Waals surface area contributed by atoms with Crippen LogP contribution in [0.3, 0.4) is 0 Å². The molecule has 3 unspecified atom stereocenters. The van der Waals surface area contributed by atoms with Crippen LogP contribution in [-0.2, 0) is 20.9 Å². The van der Waals surface area contributed by atoms with Gasteiger partial charge in [0.15, 0.2) is 0 Å². The van der Waals surface area contributed by atoms with Crippen LogP contribution in [0.4, 0.5) is 0 Å². The van der Waals surface area contributed by atoms with Crippen LogP contribution >= 0.6 is 11.8 Å². The van der Waals surface area contributed by atoms with Crippen LogP contribution in [0.5, 0.6) is 0 Å². The molecule has 2 bridgehead atoms. The Morgan fingerprint density at radius 3 is 2.51 bits per heavy atom. The summed E-state index contributed by atoms with van der Waals surface area (Å²) in [5, 5.41) is 9.40. The number of hydrogen-bond acceptors (Lipinski definition) is 5. The van der Waals surface area contributed by atoms with Gasteiger partial charge in [-0.05, 0) is 30.7 Å². The average molecular weight is 526 g/mol. The minimum Gasteiger partial charge on any atom is -0.396 e. The van der Waals surface area contributed by atoms with E-state index in [0.717, 1.165) is 12.0 Å². The molecule has 3 aliphatic heterocycles. The molecule has 3 heterocycles. The summed E-state index contributed by atoms with van der Waals surface area (Å²) >= 11 is 1.70. The zero-order valence-electron chi connectivity index (χ0n) is 21.9. The Bertz CT molecular complexity index is 1030. The van der Waals surface area contributed by atoms with E-state index in [1.165, 1.54) is 0 Å². The Balaban J connectivity index is 1.73. The highest BCUT2D eigenvalue weighted by Crippen LogP contribution is 2.68. The maximum absolute atomic E-state index is 14.4. The van der Waals surface area contributed by atoms with Crippen LogP contribution in [0.25, 0.3) is 0 Å². The summed E-state index contributed by atoms with van der Waals surface area (Å²) in [4.78, 5) is 47.3. The van der Waals surface area contributed by atoms with Crippen molar-refractivity contribution in [2.45, 2.75) is 48.8 Å². The summed E-state index contributed by atoms with van der Waals surface area (Å²) in [6, 6.07) is 9.18. The first-order valence-electron chi connectivity index (χ1n) is 13.2. The van der Waals surface area contributed by atoms with Crippen molar-refractivity contribution in [1.82, 2.24) is 14.7 Å². The lowest BCUT2D eigenvalue weighted by Crippen LogP contribution is -2.57. The van der Waals surface area contributed by atoms with Gasteiger partial charge in [0.05, 0.1) is 16.6 Å². The Labute approximate surface area is 224 Å². The molecule has 3 fully saturated rings. The third kappa shape index (κ3) is 4.74. The molecule has 0 aliphatic carbocycles. The molecule has 4 rings (SSSR count). The quantitative estimate of drug-likeness (QED) is 0.335. The van der Waals surface area contributed by atoms with E-state index in [1.807, 2.05) is 30.3 Å². The van der Waals surface area contributed by atoms with Gasteiger partial charge in [0, 0.05) is 45.1 Å². The number of nitrogens with zero attached hydrogens (tertiary/aromatic N) is 3. The highest BCUT2D eigenvalue weighted by atomic mass is 32.2. The van der Waals surface area contributed by atoms with Gasteiger partial charge >= 0.3 is 0 Å². The van der Waals surface area contributed by atoms with Gasteiger partial charge in [-0.3, -0.25) is 14.4 Å². The molecule has 37 heavy (non-hydrogen) atoms. The van der Waals surface area contributed by atoms with Crippen LogP contribution in [0, 0.1) is 17.8 Å². The summed E-state index contributed by atoms with van der Waals surface area (Å²) in [6.45, 7) is 11.4. The molecule has 1 N–H and O–H groups in total. The summed E-state index contributed by atoms with van der Waals surface area (Å²) in [7, 11) is 1.75. The monoisotopic (exact) mass is 525 g/mol. The van der Waals surface area contributed by atoms with E-state index in [1.54, 1.807) is 45.7 Å². The Kier molecular flexibility index (Phi) is 8.49. The molecule has 1 spiro atoms. The summed E-state index contributed by atoms with van der Waals surface area (Å²) in [5.74, 6) is -1.09. The van der Waals surface area contributed by atoms with Gasteiger partial charge in [-0.15, -0.1) is 24.9 Å². The molecular formula is C29H39N3O4S. The SMILES string of the molecule is C=CCN(C)C(=O)[C@@H]1[C@@H]2CC(C)C3(S2)C(C(=O)N(CC=C)Cc2ccccc2)N(CCCCO)C(=O)[C@H]13. The smallest absolute Gasteiger partial charge is 0.247 e. The van der Waals surface area contributed by atoms with E-state index in [2.05, 4.69) is 20.1 Å². The average Bonchev–Trinajstić information content (AvgIpc) is 3.48. The molecule has 3 saturated heterocycles. The minimum atomic E-state index is -0.653. The zero-order valence-corrected chi connectivity index (χ0v) is 22.7. The number of fused-ring (bicyclic) bond motifs is 1. The second-order valence-corrected chi connectivity index (χ2v) is 12.1. The lowest BCUT2D eigenvalue weighted by Gasteiger charge is -2.41. The summed E-state index contributed by atoms with van der Waals surface area (Å²) in [6.07, 6.45) is 5.38. The molecule has 1 aromatic carbocycles. The number of likely N-dealkylation sites (tertiary alicyclic amines) is 1. The maximum Gasteiger partial charge on any atom is 0.247 e. The van der Waals surface area contributed by atoms with Crippen LogP contribution < -0.4 is 0 Å². The minimum absolute atomic E-state index is 0.0144. The van der Waals surface area contributed by atoms with Crippen molar-refractivity contribution < 1.29 is 19.5 Å². The molecular weight excluding hydrogens is 486 g/mol. The third-order valence-corrected chi connectivity index (χ3v) is 10.3. The van der Waals surface area contributed by atoms with E-state index < -0.39 is 22.6 Å². The van der Waals surface area contributed by atoms with Gasteiger partial charge in [0.2, 0.25) is 17.7 Å². The highest BCUT2D eigenvalue weighted by Gasteiger charge is 2.76. The summed E-state index contributed by atoms with van der Waals surface area (Å²) < 4.78 is -0.649. The Morgan fingerprint density at radius 2 is 1.86 bits per heavy atom. The molecule has 0 aromatic heterocycles. The standard InChI is InChI=1S/C29H39N3O4S/c1-5-14-30(4)26(34)23-22-18-20(3)29(37-22)24(23)27(35)32(16-10-11-17-33)25(29)28(36)31(15-6-2)19-21-12-8-7-9-13-21/h5-9,12-13,20,22-25,33H,1-2,10-11,14-19H2,3-4H3/t20?,22-,23+,24-,25?,29?/m0/s1. The number of thioether (sulfide) groups is 1. The maximum atomic E-state index is 14.4. The predicted molar refractivity (Wildman–Crippen MR) is 147 cm³/mol. The van der Waals surface area contributed by atoms with Crippen LogP contribution in [-0.4, -0.2) is 86.9 Å². The van der Waals surface area contributed by atoms with Crippen molar-refractivity contribution in [3.63, 3.8) is 0 Å². The number of carbonyl (C=O) groups is 3. The molecule has 1 aromatic rings. The van der Waals surface area contributed by atoms with Crippen LogP contribution in [0.2, 0.25) is 0 Å².